The number of aromatic nitrogens is 1. The normalized spacial score (nSPS) is 10.1. The van der Waals surface area contributed by atoms with Crippen LogP contribution in [0.3, 0.4) is 0 Å². The van der Waals surface area contributed by atoms with Gasteiger partial charge in [-0.2, -0.15) is 0 Å². The number of halogens is 1. The first-order valence-corrected chi connectivity index (χ1v) is 5.48. The Kier molecular flexibility index (Phi) is 3.43. The summed E-state index contributed by atoms with van der Waals surface area (Å²) in [6.07, 6.45) is 1.47. The summed E-state index contributed by atoms with van der Waals surface area (Å²) in [5.74, 6) is 0.589. The number of nitro groups is 1. The van der Waals surface area contributed by atoms with Crippen molar-refractivity contribution in [1.82, 2.24) is 4.98 Å². The van der Waals surface area contributed by atoms with E-state index in [0.29, 0.717) is 5.75 Å². The lowest BCUT2D eigenvalue weighted by Gasteiger charge is -2.07. The van der Waals surface area contributed by atoms with Crippen molar-refractivity contribution in [3.8, 4) is 11.5 Å². The number of aryl methyl sites for hydroxylation is 1. The van der Waals surface area contributed by atoms with Crippen LogP contribution in [-0.2, 0) is 0 Å². The molecule has 0 radical (unpaired) electrons. The molecule has 18 heavy (non-hydrogen) atoms. The van der Waals surface area contributed by atoms with Gasteiger partial charge in [0.05, 0.1) is 4.92 Å². The molecule has 92 valence electrons. The summed E-state index contributed by atoms with van der Waals surface area (Å²) in [5.41, 5.74) is 0.782. The van der Waals surface area contributed by atoms with Crippen molar-refractivity contribution in [2.24, 2.45) is 0 Å². The topological polar surface area (TPSA) is 65.3 Å². The Labute approximate surface area is 108 Å². The maximum Gasteiger partial charge on any atom is 0.311 e. The van der Waals surface area contributed by atoms with Crippen LogP contribution in [0.4, 0.5) is 5.69 Å². The van der Waals surface area contributed by atoms with E-state index in [9.17, 15) is 10.1 Å². The summed E-state index contributed by atoms with van der Waals surface area (Å²) in [4.78, 5) is 14.2. The van der Waals surface area contributed by atoms with Crippen molar-refractivity contribution in [1.29, 1.82) is 0 Å². The summed E-state index contributed by atoms with van der Waals surface area (Å²) in [7, 11) is 0. The molecule has 0 N–H and O–H groups in total. The van der Waals surface area contributed by atoms with E-state index in [1.54, 1.807) is 18.2 Å². The highest BCUT2D eigenvalue weighted by molar-refractivity contribution is 6.29. The van der Waals surface area contributed by atoms with Gasteiger partial charge in [-0.1, -0.05) is 17.7 Å². The summed E-state index contributed by atoms with van der Waals surface area (Å²) >= 11 is 5.72. The quantitative estimate of drug-likeness (QED) is 0.481. The van der Waals surface area contributed by atoms with E-state index >= 15 is 0 Å². The summed E-state index contributed by atoms with van der Waals surface area (Å²) in [6.45, 7) is 1.83. The van der Waals surface area contributed by atoms with Gasteiger partial charge in [0.2, 0.25) is 5.75 Å². The summed E-state index contributed by atoms with van der Waals surface area (Å²) < 4.78 is 5.47. The molecule has 0 aliphatic rings. The van der Waals surface area contributed by atoms with E-state index in [1.807, 2.05) is 6.92 Å². The van der Waals surface area contributed by atoms with Crippen molar-refractivity contribution >= 4 is 17.3 Å². The molecule has 0 fully saturated rings. The smallest absolute Gasteiger partial charge is 0.311 e. The van der Waals surface area contributed by atoms with E-state index in [1.165, 1.54) is 18.3 Å². The lowest BCUT2D eigenvalue weighted by molar-refractivity contribution is -0.385. The number of ether oxygens (including phenoxy) is 1. The fraction of sp³-hybridized carbons (Fsp3) is 0.0833. The van der Waals surface area contributed by atoms with Crippen molar-refractivity contribution in [3.05, 3.63) is 57.4 Å². The second kappa shape index (κ2) is 5.01. The Morgan fingerprint density at radius 1 is 1.33 bits per heavy atom. The maximum atomic E-state index is 10.9. The van der Waals surface area contributed by atoms with Crippen LogP contribution in [0.15, 0.2) is 36.5 Å². The van der Waals surface area contributed by atoms with Crippen LogP contribution in [-0.4, -0.2) is 9.91 Å². The molecule has 1 aromatic heterocycles. The minimum atomic E-state index is -0.489. The molecule has 2 rings (SSSR count). The molecule has 0 saturated heterocycles. The zero-order chi connectivity index (χ0) is 13.1. The molecule has 5 nitrogen and oxygen atoms in total. The van der Waals surface area contributed by atoms with Gasteiger partial charge in [-0.3, -0.25) is 10.1 Å². The zero-order valence-corrected chi connectivity index (χ0v) is 10.2. The second-order valence-corrected chi connectivity index (χ2v) is 4.03. The Bertz CT molecular complexity index is 602. The van der Waals surface area contributed by atoms with E-state index in [4.69, 9.17) is 16.3 Å². The first kappa shape index (κ1) is 12.3. The summed E-state index contributed by atoms with van der Waals surface area (Å²) in [6, 6.07) is 7.75. The first-order valence-electron chi connectivity index (χ1n) is 5.11. The summed E-state index contributed by atoms with van der Waals surface area (Å²) in [5, 5.41) is 11.1. The van der Waals surface area contributed by atoms with Crippen LogP contribution < -0.4 is 4.74 Å². The molecule has 0 unspecified atom stereocenters. The Balaban J connectivity index is 2.39. The largest absolute Gasteiger partial charge is 0.450 e. The SMILES string of the molecule is Cc1ccc([N+](=O)[O-])c(Oc2ccnc(Cl)c2)c1. The van der Waals surface area contributed by atoms with E-state index in [2.05, 4.69) is 4.98 Å². The zero-order valence-electron chi connectivity index (χ0n) is 9.46. The van der Waals surface area contributed by atoms with Crippen molar-refractivity contribution in [2.45, 2.75) is 6.92 Å². The molecule has 0 spiro atoms. The standard InChI is InChI=1S/C12H9ClN2O3/c1-8-2-3-10(15(16)17)11(6-8)18-9-4-5-14-12(13)7-9/h2-7H,1H3. The lowest BCUT2D eigenvalue weighted by Crippen LogP contribution is -1.94. The minimum absolute atomic E-state index is 0.0893. The number of nitrogens with zero attached hydrogens (tertiary/aromatic N) is 2. The third-order valence-corrected chi connectivity index (χ3v) is 2.44. The van der Waals surface area contributed by atoms with E-state index in [-0.39, 0.29) is 16.6 Å². The number of rotatable bonds is 3. The van der Waals surface area contributed by atoms with Crippen LogP contribution in [0.1, 0.15) is 5.56 Å². The minimum Gasteiger partial charge on any atom is -0.450 e. The van der Waals surface area contributed by atoms with Crippen LogP contribution >= 0.6 is 11.6 Å². The van der Waals surface area contributed by atoms with Crippen molar-refractivity contribution in [2.75, 3.05) is 0 Å². The predicted molar refractivity (Wildman–Crippen MR) is 67.2 cm³/mol. The molecule has 0 atom stereocenters. The fourth-order valence-electron chi connectivity index (χ4n) is 1.43. The molecule has 2 aromatic rings. The Morgan fingerprint density at radius 2 is 2.11 bits per heavy atom. The number of hydrogen-bond acceptors (Lipinski definition) is 4. The average Bonchev–Trinajstić information content (AvgIpc) is 2.28. The van der Waals surface area contributed by atoms with Crippen molar-refractivity contribution < 1.29 is 9.66 Å². The first-order chi connectivity index (χ1) is 8.56. The maximum absolute atomic E-state index is 10.9. The molecule has 0 saturated carbocycles. The molecular weight excluding hydrogens is 256 g/mol. The molecule has 0 amide bonds. The fourth-order valence-corrected chi connectivity index (χ4v) is 1.59. The van der Waals surface area contributed by atoms with Gasteiger partial charge >= 0.3 is 5.69 Å². The third-order valence-electron chi connectivity index (χ3n) is 2.24. The number of benzene rings is 1. The number of nitro benzene ring substituents is 1. The van der Waals surface area contributed by atoms with E-state index < -0.39 is 4.92 Å². The molecule has 1 heterocycles. The highest BCUT2D eigenvalue weighted by Crippen LogP contribution is 2.32. The van der Waals surface area contributed by atoms with E-state index in [0.717, 1.165) is 5.56 Å². The molecule has 0 aliphatic carbocycles. The van der Waals surface area contributed by atoms with Crippen LogP contribution in [0.5, 0.6) is 11.5 Å². The van der Waals surface area contributed by atoms with Crippen LogP contribution in [0, 0.1) is 17.0 Å². The molecule has 1 aromatic carbocycles. The van der Waals surface area contributed by atoms with Crippen LogP contribution in [0.2, 0.25) is 5.15 Å². The van der Waals surface area contributed by atoms with Gasteiger partial charge < -0.3 is 4.74 Å². The highest BCUT2D eigenvalue weighted by Gasteiger charge is 2.15. The average molecular weight is 265 g/mol. The molecule has 0 bridgehead atoms. The van der Waals surface area contributed by atoms with Crippen LogP contribution in [0.25, 0.3) is 0 Å². The number of pyridine rings is 1. The monoisotopic (exact) mass is 264 g/mol. The van der Waals surface area contributed by atoms with Gasteiger partial charge in [-0.05, 0) is 24.6 Å². The second-order valence-electron chi connectivity index (χ2n) is 3.64. The molecular formula is C12H9ClN2O3. The van der Waals surface area contributed by atoms with Gasteiger partial charge in [-0.25, -0.2) is 4.98 Å². The molecule has 0 aliphatic heterocycles. The van der Waals surface area contributed by atoms with Gasteiger partial charge in [-0.15, -0.1) is 0 Å². The third kappa shape index (κ3) is 2.75. The van der Waals surface area contributed by atoms with Gasteiger partial charge in [0.25, 0.3) is 0 Å². The van der Waals surface area contributed by atoms with Gasteiger partial charge in [0.1, 0.15) is 10.9 Å². The predicted octanol–water partition coefficient (Wildman–Crippen LogP) is 3.74. The number of hydrogen-bond donors (Lipinski definition) is 0. The molecule has 6 heteroatoms. The van der Waals surface area contributed by atoms with Crippen molar-refractivity contribution in [3.63, 3.8) is 0 Å². The lowest BCUT2D eigenvalue weighted by atomic mass is 10.2. The van der Waals surface area contributed by atoms with Gasteiger partial charge in [0.15, 0.2) is 0 Å². The Hall–Kier alpha value is -2.14. The Morgan fingerprint density at radius 3 is 2.78 bits per heavy atom. The highest BCUT2D eigenvalue weighted by atomic mass is 35.5. The van der Waals surface area contributed by atoms with Gasteiger partial charge in [0, 0.05) is 18.3 Å².